The van der Waals surface area contributed by atoms with Gasteiger partial charge in [0.05, 0.1) is 12.1 Å². The van der Waals surface area contributed by atoms with E-state index < -0.39 is 0 Å². The highest BCUT2D eigenvalue weighted by Crippen LogP contribution is 2.16. The summed E-state index contributed by atoms with van der Waals surface area (Å²) in [5.74, 6) is -0.251. The number of amides is 2. The van der Waals surface area contributed by atoms with Gasteiger partial charge in [-0.3, -0.25) is 9.59 Å². The molecule has 0 saturated carbocycles. The molecule has 1 N–H and O–H groups in total. The van der Waals surface area contributed by atoms with Crippen molar-refractivity contribution >= 4 is 17.5 Å². The fourth-order valence-corrected chi connectivity index (χ4v) is 1.71. The number of nitrogens with zero attached hydrogens (tertiary/aromatic N) is 2. The molecule has 0 aromatic heterocycles. The van der Waals surface area contributed by atoms with Gasteiger partial charge in [-0.1, -0.05) is 19.1 Å². The third-order valence-corrected chi connectivity index (χ3v) is 2.94. The summed E-state index contributed by atoms with van der Waals surface area (Å²) in [6, 6.07) is 7.37. The highest BCUT2D eigenvalue weighted by atomic mass is 16.2. The maximum atomic E-state index is 12.4. The lowest BCUT2D eigenvalue weighted by Crippen LogP contribution is -2.38. The maximum absolute atomic E-state index is 12.4. The number of likely N-dealkylation sites (N-methyl/N-ethyl adjacent to an activating group) is 2. The molecule has 0 aliphatic rings. The van der Waals surface area contributed by atoms with Gasteiger partial charge >= 0.3 is 0 Å². The summed E-state index contributed by atoms with van der Waals surface area (Å²) in [7, 11) is 5.00. The van der Waals surface area contributed by atoms with Crippen LogP contribution in [-0.4, -0.2) is 55.8 Å². The molecule has 2 amide bonds. The average molecular weight is 277 g/mol. The van der Waals surface area contributed by atoms with Crippen molar-refractivity contribution in [1.29, 1.82) is 0 Å². The molecule has 110 valence electrons. The van der Waals surface area contributed by atoms with Crippen molar-refractivity contribution in [3.05, 3.63) is 29.8 Å². The number of rotatable bonds is 6. The van der Waals surface area contributed by atoms with Crippen LogP contribution in [0.5, 0.6) is 0 Å². The van der Waals surface area contributed by atoms with E-state index in [9.17, 15) is 9.59 Å². The van der Waals surface area contributed by atoms with Gasteiger partial charge in [0.25, 0.3) is 5.91 Å². The van der Waals surface area contributed by atoms with Crippen LogP contribution in [-0.2, 0) is 4.79 Å². The SMILES string of the molecule is CCCNc1ccccc1C(=O)N(C)CC(=O)N(C)C. The molecule has 0 spiro atoms. The Morgan fingerprint density at radius 3 is 2.40 bits per heavy atom. The summed E-state index contributed by atoms with van der Waals surface area (Å²) < 4.78 is 0. The summed E-state index contributed by atoms with van der Waals surface area (Å²) in [6.07, 6.45) is 0.984. The Labute approximate surface area is 120 Å². The predicted octanol–water partition coefficient (Wildman–Crippen LogP) is 1.67. The third kappa shape index (κ3) is 4.26. The monoisotopic (exact) mass is 277 g/mol. The number of para-hydroxylation sites is 1. The van der Waals surface area contributed by atoms with E-state index in [-0.39, 0.29) is 18.4 Å². The molecule has 0 fully saturated rings. The van der Waals surface area contributed by atoms with Crippen molar-refractivity contribution in [2.24, 2.45) is 0 Å². The van der Waals surface area contributed by atoms with Gasteiger partial charge in [-0.15, -0.1) is 0 Å². The second-order valence-corrected chi connectivity index (χ2v) is 4.92. The van der Waals surface area contributed by atoms with Crippen LogP contribution in [0.2, 0.25) is 0 Å². The second kappa shape index (κ2) is 7.53. The van der Waals surface area contributed by atoms with Gasteiger partial charge < -0.3 is 15.1 Å². The van der Waals surface area contributed by atoms with Crippen molar-refractivity contribution < 1.29 is 9.59 Å². The molecule has 1 rings (SSSR count). The smallest absolute Gasteiger partial charge is 0.256 e. The topological polar surface area (TPSA) is 52.7 Å². The zero-order chi connectivity index (χ0) is 15.1. The highest BCUT2D eigenvalue weighted by Gasteiger charge is 2.18. The van der Waals surface area contributed by atoms with Gasteiger partial charge in [0.2, 0.25) is 5.91 Å². The third-order valence-electron chi connectivity index (χ3n) is 2.94. The fraction of sp³-hybridized carbons (Fsp3) is 0.467. The van der Waals surface area contributed by atoms with Gasteiger partial charge in [0.1, 0.15) is 0 Å². The van der Waals surface area contributed by atoms with Crippen LogP contribution in [0, 0.1) is 0 Å². The molecule has 5 heteroatoms. The molecule has 0 radical (unpaired) electrons. The lowest BCUT2D eigenvalue weighted by Gasteiger charge is -2.20. The number of nitrogens with one attached hydrogen (secondary N) is 1. The summed E-state index contributed by atoms with van der Waals surface area (Å²) in [4.78, 5) is 27.0. The molecule has 0 heterocycles. The van der Waals surface area contributed by atoms with Crippen LogP contribution < -0.4 is 5.32 Å². The maximum Gasteiger partial charge on any atom is 0.256 e. The van der Waals surface area contributed by atoms with E-state index in [1.165, 1.54) is 9.80 Å². The second-order valence-electron chi connectivity index (χ2n) is 4.92. The molecule has 0 saturated heterocycles. The normalized spacial score (nSPS) is 10.0. The molecular formula is C15H23N3O2. The van der Waals surface area contributed by atoms with Gasteiger partial charge in [-0.2, -0.15) is 0 Å². The van der Waals surface area contributed by atoms with Crippen LogP contribution in [0.3, 0.4) is 0 Å². The summed E-state index contributed by atoms with van der Waals surface area (Å²) in [6.45, 7) is 2.96. The molecule has 1 aromatic carbocycles. The minimum absolute atomic E-state index is 0.0773. The van der Waals surface area contributed by atoms with Crippen LogP contribution in [0.1, 0.15) is 23.7 Å². The van der Waals surface area contributed by atoms with E-state index in [0.717, 1.165) is 18.7 Å². The van der Waals surface area contributed by atoms with E-state index >= 15 is 0 Å². The first-order valence-electron chi connectivity index (χ1n) is 6.75. The number of carbonyl (C=O) groups is 2. The largest absolute Gasteiger partial charge is 0.384 e. The van der Waals surface area contributed by atoms with E-state index in [1.807, 2.05) is 18.2 Å². The van der Waals surface area contributed by atoms with E-state index in [2.05, 4.69) is 12.2 Å². The first-order valence-corrected chi connectivity index (χ1v) is 6.75. The number of carbonyl (C=O) groups excluding carboxylic acids is 2. The Bertz CT molecular complexity index is 472. The van der Waals surface area contributed by atoms with Crippen LogP contribution in [0.4, 0.5) is 5.69 Å². The molecule has 0 bridgehead atoms. The van der Waals surface area contributed by atoms with E-state index in [0.29, 0.717) is 5.56 Å². The number of hydrogen-bond acceptors (Lipinski definition) is 3. The molecule has 0 aliphatic heterocycles. The number of benzene rings is 1. The van der Waals surface area contributed by atoms with Crippen molar-refractivity contribution in [1.82, 2.24) is 9.80 Å². The minimum Gasteiger partial charge on any atom is -0.384 e. The van der Waals surface area contributed by atoms with Gasteiger partial charge in [0, 0.05) is 33.4 Å². The quantitative estimate of drug-likeness (QED) is 0.860. The molecule has 5 nitrogen and oxygen atoms in total. The molecule has 0 atom stereocenters. The van der Waals surface area contributed by atoms with Gasteiger partial charge in [0.15, 0.2) is 0 Å². The number of hydrogen-bond donors (Lipinski definition) is 1. The molecule has 0 unspecified atom stereocenters. The standard InChI is InChI=1S/C15H23N3O2/c1-5-10-16-13-9-7-6-8-12(13)15(20)18(4)11-14(19)17(2)3/h6-9,16H,5,10-11H2,1-4H3. The van der Waals surface area contributed by atoms with Crippen LogP contribution >= 0.6 is 0 Å². The molecule has 0 aliphatic carbocycles. The first kappa shape index (κ1) is 16.0. The first-order chi connectivity index (χ1) is 9.47. The summed E-state index contributed by atoms with van der Waals surface area (Å²) in [5.41, 5.74) is 1.40. The van der Waals surface area contributed by atoms with Crippen LogP contribution in [0.15, 0.2) is 24.3 Å². The summed E-state index contributed by atoms with van der Waals surface area (Å²) >= 11 is 0. The molecule has 20 heavy (non-hydrogen) atoms. The highest BCUT2D eigenvalue weighted by molar-refractivity contribution is 6.00. The molecular weight excluding hydrogens is 254 g/mol. The Morgan fingerprint density at radius 2 is 1.80 bits per heavy atom. The fourth-order valence-electron chi connectivity index (χ4n) is 1.71. The number of anilines is 1. The Kier molecular flexibility index (Phi) is 6.03. The molecule has 1 aromatic rings. The van der Waals surface area contributed by atoms with Crippen molar-refractivity contribution in [2.75, 3.05) is 39.5 Å². The average Bonchev–Trinajstić information content (AvgIpc) is 2.44. The summed E-state index contributed by atoms with van der Waals surface area (Å²) in [5, 5.41) is 3.23. The van der Waals surface area contributed by atoms with Crippen LogP contribution in [0.25, 0.3) is 0 Å². The lowest BCUT2D eigenvalue weighted by atomic mass is 10.1. The van der Waals surface area contributed by atoms with Gasteiger partial charge in [-0.25, -0.2) is 0 Å². The lowest BCUT2D eigenvalue weighted by molar-refractivity contribution is -0.129. The Balaban J connectivity index is 2.83. The zero-order valence-electron chi connectivity index (χ0n) is 12.6. The Morgan fingerprint density at radius 1 is 1.15 bits per heavy atom. The van der Waals surface area contributed by atoms with Crippen molar-refractivity contribution in [2.45, 2.75) is 13.3 Å². The predicted molar refractivity (Wildman–Crippen MR) is 80.9 cm³/mol. The van der Waals surface area contributed by atoms with E-state index in [4.69, 9.17) is 0 Å². The van der Waals surface area contributed by atoms with Crippen molar-refractivity contribution in [3.8, 4) is 0 Å². The zero-order valence-corrected chi connectivity index (χ0v) is 12.6. The van der Waals surface area contributed by atoms with E-state index in [1.54, 1.807) is 27.2 Å². The Hall–Kier alpha value is -2.04. The minimum atomic E-state index is -0.153. The van der Waals surface area contributed by atoms with Crippen molar-refractivity contribution in [3.63, 3.8) is 0 Å². The van der Waals surface area contributed by atoms with Gasteiger partial charge in [-0.05, 0) is 18.6 Å².